The number of alkyl halides is 1. The number of halogens is 3. The summed E-state index contributed by atoms with van der Waals surface area (Å²) >= 11 is 12.7. The molecule has 0 radical (unpaired) electrons. The van der Waals surface area contributed by atoms with Gasteiger partial charge in [0.2, 0.25) is 0 Å². The number of hydrogen-bond donors (Lipinski definition) is 0. The zero-order valence-electron chi connectivity index (χ0n) is 11.2. The molecule has 0 heterocycles. The van der Waals surface area contributed by atoms with Crippen LogP contribution in [0.15, 0.2) is 53.0 Å². The van der Waals surface area contributed by atoms with Crippen LogP contribution in [0.2, 0.25) is 5.02 Å². The fraction of sp³-hybridized carbons (Fsp3) is 0.188. The molecule has 0 saturated heterocycles. The molecule has 2 rings (SSSR count). The van der Waals surface area contributed by atoms with Gasteiger partial charge in [0.15, 0.2) is 0 Å². The summed E-state index contributed by atoms with van der Waals surface area (Å²) in [5.74, 6) is -0.0122. The van der Waals surface area contributed by atoms with Gasteiger partial charge in [0.25, 0.3) is 5.91 Å². The lowest BCUT2D eigenvalue weighted by Gasteiger charge is -2.22. The molecule has 0 saturated carbocycles. The quantitative estimate of drug-likeness (QED) is 0.601. The Labute approximate surface area is 146 Å². The van der Waals surface area contributed by atoms with E-state index in [1.165, 1.54) is 0 Å². The van der Waals surface area contributed by atoms with Crippen LogP contribution in [-0.4, -0.2) is 22.7 Å². The van der Waals surface area contributed by atoms with Crippen molar-refractivity contribution in [1.82, 2.24) is 4.90 Å². The Morgan fingerprint density at radius 1 is 1.14 bits per heavy atom. The van der Waals surface area contributed by atoms with Gasteiger partial charge in [-0.2, -0.15) is 0 Å². The van der Waals surface area contributed by atoms with E-state index in [1.54, 1.807) is 18.2 Å². The van der Waals surface area contributed by atoms with Gasteiger partial charge in [-0.1, -0.05) is 57.9 Å². The monoisotopic (exact) mass is 429 g/mol. The average Bonchev–Trinajstić information content (AvgIpc) is 2.47. The summed E-state index contributed by atoms with van der Waals surface area (Å²) in [6, 6.07) is 15.2. The van der Waals surface area contributed by atoms with E-state index in [2.05, 4.69) is 31.9 Å². The molecule has 0 aliphatic carbocycles. The largest absolute Gasteiger partial charge is 0.333 e. The van der Waals surface area contributed by atoms with Crippen molar-refractivity contribution in [2.75, 3.05) is 11.9 Å². The molecular formula is C16H14Br2ClNO. The van der Waals surface area contributed by atoms with Gasteiger partial charge in [0.1, 0.15) is 0 Å². The molecule has 0 fully saturated rings. The summed E-state index contributed by atoms with van der Waals surface area (Å²) in [5, 5.41) is 1.34. The number of rotatable bonds is 5. The zero-order valence-corrected chi connectivity index (χ0v) is 15.2. The van der Waals surface area contributed by atoms with Gasteiger partial charge in [-0.05, 0) is 39.7 Å². The Hall–Kier alpha value is -0.840. The molecular weight excluding hydrogens is 417 g/mol. The third-order valence-corrected chi connectivity index (χ3v) is 4.27. The van der Waals surface area contributed by atoms with Gasteiger partial charge in [0.05, 0.1) is 5.56 Å². The fourth-order valence-electron chi connectivity index (χ4n) is 1.99. The molecule has 2 aromatic carbocycles. The number of carbonyl (C=O) groups excluding carboxylic acids is 1. The van der Waals surface area contributed by atoms with Crippen LogP contribution in [0.4, 0.5) is 0 Å². The number of carbonyl (C=O) groups is 1. The van der Waals surface area contributed by atoms with Crippen molar-refractivity contribution in [1.29, 1.82) is 0 Å². The van der Waals surface area contributed by atoms with E-state index in [0.717, 1.165) is 10.9 Å². The van der Waals surface area contributed by atoms with Crippen LogP contribution in [-0.2, 0) is 6.54 Å². The third-order valence-electron chi connectivity index (χ3n) is 3.02. The molecule has 2 aromatic rings. The van der Waals surface area contributed by atoms with E-state index in [9.17, 15) is 4.79 Å². The first-order chi connectivity index (χ1) is 10.1. The van der Waals surface area contributed by atoms with Crippen molar-refractivity contribution in [3.8, 4) is 0 Å². The normalized spacial score (nSPS) is 10.4. The molecule has 0 N–H and O–H groups in total. The summed E-state index contributed by atoms with van der Waals surface area (Å²) in [6.45, 7) is 1.23. The smallest absolute Gasteiger partial charge is 0.255 e. The number of amides is 1. The Morgan fingerprint density at radius 2 is 1.86 bits per heavy atom. The van der Waals surface area contributed by atoms with E-state index in [0.29, 0.717) is 28.1 Å². The maximum absolute atomic E-state index is 12.7. The van der Waals surface area contributed by atoms with Crippen LogP contribution in [0.1, 0.15) is 15.9 Å². The predicted molar refractivity (Wildman–Crippen MR) is 94.1 cm³/mol. The van der Waals surface area contributed by atoms with Crippen LogP contribution in [0.3, 0.4) is 0 Å². The highest BCUT2D eigenvalue weighted by atomic mass is 79.9. The molecule has 1 amide bonds. The second-order valence-electron chi connectivity index (χ2n) is 4.53. The van der Waals surface area contributed by atoms with E-state index >= 15 is 0 Å². The van der Waals surface area contributed by atoms with Crippen molar-refractivity contribution in [2.24, 2.45) is 0 Å². The molecule has 0 spiro atoms. The highest BCUT2D eigenvalue weighted by molar-refractivity contribution is 9.10. The summed E-state index contributed by atoms with van der Waals surface area (Å²) in [6.07, 6.45) is 0. The van der Waals surface area contributed by atoms with Crippen molar-refractivity contribution >= 4 is 49.4 Å². The molecule has 2 nitrogen and oxygen atoms in total. The highest BCUT2D eigenvalue weighted by Gasteiger charge is 2.18. The van der Waals surface area contributed by atoms with Crippen molar-refractivity contribution in [3.63, 3.8) is 0 Å². The third kappa shape index (κ3) is 4.56. The van der Waals surface area contributed by atoms with Gasteiger partial charge in [-0.15, -0.1) is 0 Å². The maximum Gasteiger partial charge on any atom is 0.255 e. The van der Waals surface area contributed by atoms with Gasteiger partial charge in [-0.25, -0.2) is 0 Å². The predicted octanol–water partition coefficient (Wildman–Crippen LogP) is 5.14. The lowest BCUT2D eigenvalue weighted by molar-refractivity contribution is 0.0754. The van der Waals surface area contributed by atoms with E-state index < -0.39 is 0 Å². The Balaban J connectivity index is 2.23. The van der Waals surface area contributed by atoms with Crippen molar-refractivity contribution in [3.05, 3.63) is 69.2 Å². The Kier molecular flexibility index (Phi) is 6.27. The van der Waals surface area contributed by atoms with Crippen LogP contribution >= 0.6 is 43.5 Å². The SMILES string of the molecule is O=C(c1ccc(Cl)cc1Br)N(CCBr)Cc1ccccc1. The minimum atomic E-state index is -0.0122. The summed E-state index contributed by atoms with van der Waals surface area (Å²) in [5.41, 5.74) is 1.73. The van der Waals surface area contributed by atoms with Crippen LogP contribution in [0, 0.1) is 0 Å². The molecule has 0 unspecified atom stereocenters. The first-order valence-corrected chi connectivity index (χ1v) is 8.75. The van der Waals surface area contributed by atoms with E-state index in [-0.39, 0.29) is 5.91 Å². The molecule has 5 heteroatoms. The van der Waals surface area contributed by atoms with Crippen LogP contribution < -0.4 is 0 Å². The van der Waals surface area contributed by atoms with Gasteiger partial charge < -0.3 is 4.90 Å². The number of nitrogens with zero attached hydrogens (tertiary/aromatic N) is 1. The summed E-state index contributed by atoms with van der Waals surface area (Å²) < 4.78 is 0.715. The van der Waals surface area contributed by atoms with Gasteiger partial charge in [0, 0.05) is 27.9 Å². The molecule has 0 aliphatic heterocycles. The Morgan fingerprint density at radius 3 is 2.48 bits per heavy atom. The van der Waals surface area contributed by atoms with Gasteiger partial charge in [-0.3, -0.25) is 4.79 Å². The minimum Gasteiger partial charge on any atom is -0.333 e. The van der Waals surface area contributed by atoms with E-state index in [4.69, 9.17) is 11.6 Å². The lowest BCUT2D eigenvalue weighted by atomic mass is 10.1. The lowest BCUT2D eigenvalue weighted by Crippen LogP contribution is -2.32. The van der Waals surface area contributed by atoms with Crippen molar-refractivity contribution < 1.29 is 4.79 Å². The van der Waals surface area contributed by atoms with Crippen molar-refractivity contribution in [2.45, 2.75) is 6.54 Å². The van der Waals surface area contributed by atoms with Crippen LogP contribution in [0.5, 0.6) is 0 Å². The topological polar surface area (TPSA) is 20.3 Å². The molecule has 0 aromatic heterocycles. The highest BCUT2D eigenvalue weighted by Crippen LogP contribution is 2.23. The number of benzene rings is 2. The molecule has 0 aliphatic rings. The molecule has 0 bridgehead atoms. The second-order valence-corrected chi connectivity index (χ2v) is 6.61. The average molecular weight is 432 g/mol. The summed E-state index contributed by atoms with van der Waals surface area (Å²) in [7, 11) is 0. The number of hydrogen-bond acceptors (Lipinski definition) is 1. The second kappa shape index (κ2) is 7.97. The Bertz CT molecular complexity index is 619. The maximum atomic E-state index is 12.7. The first kappa shape index (κ1) is 16.5. The van der Waals surface area contributed by atoms with Crippen LogP contribution in [0.25, 0.3) is 0 Å². The molecule has 110 valence electrons. The first-order valence-electron chi connectivity index (χ1n) is 6.46. The fourth-order valence-corrected chi connectivity index (χ4v) is 3.27. The molecule has 0 atom stereocenters. The standard InChI is InChI=1S/C16H14Br2ClNO/c17-8-9-20(11-12-4-2-1-3-5-12)16(21)14-7-6-13(19)10-15(14)18/h1-7,10H,8-9,11H2. The van der Waals surface area contributed by atoms with E-state index in [1.807, 2.05) is 35.2 Å². The van der Waals surface area contributed by atoms with Gasteiger partial charge >= 0.3 is 0 Å². The molecule has 21 heavy (non-hydrogen) atoms. The zero-order chi connectivity index (χ0) is 15.2. The summed E-state index contributed by atoms with van der Waals surface area (Å²) in [4.78, 5) is 14.5. The minimum absolute atomic E-state index is 0.0122.